The molecule has 3 unspecified atom stereocenters. The lowest BCUT2D eigenvalue weighted by atomic mass is 9.88. The van der Waals surface area contributed by atoms with Gasteiger partial charge in [-0.25, -0.2) is 0 Å². The van der Waals surface area contributed by atoms with Gasteiger partial charge in [-0.2, -0.15) is 0 Å². The summed E-state index contributed by atoms with van der Waals surface area (Å²) in [5.41, 5.74) is 5.59. The quantitative estimate of drug-likeness (QED) is 0.462. The highest BCUT2D eigenvalue weighted by atomic mass is 16.3. The molecule has 0 amide bonds. The van der Waals surface area contributed by atoms with Crippen LogP contribution in [-0.2, 0) is 0 Å². The molecule has 1 heterocycles. The number of hydrogen-bond acceptors (Lipinski definition) is 5. The highest BCUT2D eigenvalue weighted by molar-refractivity contribution is 4.86. The number of aliphatic hydroxyl groups excluding tert-OH is 2. The van der Waals surface area contributed by atoms with Crippen LogP contribution in [0.2, 0.25) is 0 Å². The molecule has 1 saturated heterocycles. The van der Waals surface area contributed by atoms with Crippen LogP contribution < -0.4 is 11.1 Å². The van der Waals surface area contributed by atoms with E-state index in [0.717, 1.165) is 32.5 Å². The molecular weight excluding hydrogens is 218 g/mol. The first-order valence-electron chi connectivity index (χ1n) is 6.66. The number of rotatable bonds is 7. The van der Waals surface area contributed by atoms with Gasteiger partial charge in [0.1, 0.15) is 0 Å². The number of aliphatic hydroxyl groups is 2. The van der Waals surface area contributed by atoms with Crippen molar-refractivity contribution in [2.75, 3.05) is 39.3 Å². The second kappa shape index (κ2) is 8.00. The molecule has 0 aromatic carbocycles. The zero-order chi connectivity index (χ0) is 12.7. The van der Waals surface area contributed by atoms with Crippen molar-refractivity contribution in [1.82, 2.24) is 10.2 Å². The van der Waals surface area contributed by atoms with Gasteiger partial charge >= 0.3 is 0 Å². The predicted molar refractivity (Wildman–Crippen MR) is 68.8 cm³/mol. The van der Waals surface area contributed by atoms with Crippen molar-refractivity contribution < 1.29 is 10.2 Å². The Morgan fingerprint density at radius 2 is 2.24 bits per heavy atom. The molecular formula is C12H27N3O2. The van der Waals surface area contributed by atoms with Crippen LogP contribution >= 0.6 is 0 Å². The van der Waals surface area contributed by atoms with E-state index in [-0.39, 0.29) is 12.7 Å². The van der Waals surface area contributed by atoms with Crippen LogP contribution in [0.3, 0.4) is 0 Å². The maximum atomic E-state index is 9.98. The number of piperidine rings is 1. The Balaban J connectivity index is 2.49. The molecule has 0 aliphatic carbocycles. The summed E-state index contributed by atoms with van der Waals surface area (Å²) >= 11 is 0. The Bertz CT molecular complexity index is 204. The topological polar surface area (TPSA) is 81.8 Å². The number of likely N-dealkylation sites (tertiary alicyclic amines) is 1. The Morgan fingerprint density at radius 1 is 1.47 bits per heavy atom. The van der Waals surface area contributed by atoms with Gasteiger partial charge in [0, 0.05) is 38.8 Å². The SMILES string of the molecule is CCC(O)C1CC(NCCO)CN(CCN)C1. The van der Waals surface area contributed by atoms with E-state index in [0.29, 0.717) is 25.0 Å². The molecule has 102 valence electrons. The van der Waals surface area contributed by atoms with E-state index in [1.54, 1.807) is 0 Å². The molecule has 17 heavy (non-hydrogen) atoms. The molecule has 0 bridgehead atoms. The van der Waals surface area contributed by atoms with Gasteiger partial charge in [-0.05, 0) is 18.8 Å². The average Bonchev–Trinajstić information content (AvgIpc) is 2.35. The molecule has 3 atom stereocenters. The maximum absolute atomic E-state index is 9.98. The number of nitrogens with one attached hydrogen (secondary N) is 1. The van der Waals surface area contributed by atoms with Crippen LogP contribution in [0.1, 0.15) is 19.8 Å². The van der Waals surface area contributed by atoms with E-state index < -0.39 is 0 Å². The lowest BCUT2D eigenvalue weighted by Gasteiger charge is -2.39. The van der Waals surface area contributed by atoms with Crippen molar-refractivity contribution in [3.8, 4) is 0 Å². The van der Waals surface area contributed by atoms with Crippen molar-refractivity contribution in [2.24, 2.45) is 11.7 Å². The Kier molecular flexibility index (Phi) is 6.99. The third-order valence-corrected chi connectivity index (χ3v) is 3.51. The van der Waals surface area contributed by atoms with Gasteiger partial charge in [0.05, 0.1) is 12.7 Å². The zero-order valence-electron chi connectivity index (χ0n) is 10.8. The van der Waals surface area contributed by atoms with Crippen LogP contribution in [0, 0.1) is 5.92 Å². The van der Waals surface area contributed by atoms with Gasteiger partial charge in [-0.15, -0.1) is 0 Å². The van der Waals surface area contributed by atoms with Crippen LogP contribution in [0.4, 0.5) is 0 Å². The van der Waals surface area contributed by atoms with E-state index in [2.05, 4.69) is 10.2 Å². The van der Waals surface area contributed by atoms with Crippen LogP contribution in [0.15, 0.2) is 0 Å². The van der Waals surface area contributed by atoms with Crippen molar-refractivity contribution in [1.29, 1.82) is 0 Å². The van der Waals surface area contributed by atoms with Crippen molar-refractivity contribution in [2.45, 2.75) is 31.9 Å². The van der Waals surface area contributed by atoms with E-state index in [1.165, 1.54) is 0 Å². The highest BCUT2D eigenvalue weighted by Gasteiger charge is 2.30. The minimum Gasteiger partial charge on any atom is -0.395 e. The largest absolute Gasteiger partial charge is 0.395 e. The van der Waals surface area contributed by atoms with Gasteiger partial charge in [0.2, 0.25) is 0 Å². The normalized spacial score (nSPS) is 28.2. The summed E-state index contributed by atoms with van der Waals surface area (Å²) in [7, 11) is 0. The second-order valence-electron chi connectivity index (χ2n) is 4.89. The van der Waals surface area contributed by atoms with E-state index in [4.69, 9.17) is 10.8 Å². The standard InChI is InChI=1S/C12H27N3O2/c1-2-12(17)10-7-11(14-4-6-16)9-15(8-10)5-3-13/h10-12,14,16-17H,2-9,13H2,1H3. The summed E-state index contributed by atoms with van der Waals surface area (Å²) in [6.07, 6.45) is 1.55. The zero-order valence-corrected chi connectivity index (χ0v) is 10.8. The second-order valence-corrected chi connectivity index (χ2v) is 4.89. The van der Waals surface area contributed by atoms with Crippen molar-refractivity contribution in [3.05, 3.63) is 0 Å². The molecule has 1 aliphatic rings. The summed E-state index contributed by atoms with van der Waals surface area (Å²) < 4.78 is 0. The number of nitrogens with zero attached hydrogens (tertiary/aromatic N) is 1. The number of hydrogen-bond donors (Lipinski definition) is 4. The first-order chi connectivity index (χ1) is 8.21. The summed E-state index contributed by atoms with van der Waals surface area (Å²) in [5.74, 6) is 0.316. The fraction of sp³-hybridized carbons (Fsp3) is 1.00. The van der Waals surface area contributed by atoms with Gasteiger partial charge in [-0.1, -0.05) is 6.92 Å². The van der Waals surface area contributed by atoms with Crippen molar-refractivity contribution >= 4 is 0 Å². The third kappa shape index (κ3) is 4.89. The van der Waals surface area contributed by atoms with Crippen LogP contribution in [-0.4, -0.2) is 66.6 Å². The fourth-order valence-corrected chi connectivity index (χ4v) is 2.63. The van der Waals surface area contributed by atoms with Crippen LogP contribution in [0.5, 0.6) is 0 Å². The van der Waals surface area contributed by atoms with E-state index in [1.807, 2.05) is 6.92 Å². The molecule has 1 fully saturated rings. The molecule has 0 radical (unpaired) electrons. The number of nitrogens with two attached hydrogens (primary N) is 1. The molecule has 0 aromatic heterocycles. The van der Waals surface area contributed by atoms with Gasteiger partial charge < -0.3 is 26.2 Å². The fourth-order valence-electron chi connectivity index (χ4n) is 2.63. The average molecular weight is 245 g/mol. The summed E-state index contributed by atoms with van der Waals surface area (Å²) in [6.45, 7) is 6.23. The monoisotopic (exact) mass is 245 g/mol. The van der Waals surface area contributed by atoms with Gasteiger partial charge in [-0.3, -0.25) is 0 Å². The summed E-state index contributed by atoms with van der Waals surface area (Å²) in [6, 6.07) is 0.355. The minimum atomic E-state index is -0.228. The summed E-state index contributed by atoms with van der Waals surface area (Å²) in [4.78, 5) is 2.31. The maximum Gasteiger partial charge on any atom is 0.0578 e. The Hall–Kier alpha value is -0.200. The molecule has 1 rings (SSSR count). The van der Waals surface area contributed by atoms with E-state index in [9.17, 15) is 5.11 Å². The molecule has 0 saturated carbocycles. The molecule has 5 heteroatoms. The Labute approximate surface area is 104 Å². The van der Waals surface area contributed by atoms with E-state index >= 15 is 0 Å². The Morgan fingerprint density at radius 3 is 2.82 bits per heavy atom. The molecule has 1 aliphatic heterocycles. The molecule has 0 aromatic rings. The van der Waals surface area contributed by atoms with Gasteiger partial charge in [0.25, 0.3) is 0 Å². The molecule has 5 N–H and O–H groups in total. The van der Waals surface area contributed by atoms with Gasteiger partial charge in [0.15, 0.2) is 0 Å². The third-order valence-electron chi connectivity index (χ3n) is 3.51. The minimum absolute atomic E-state index is 0.161. The predicted octanol–water partition coefficient (Wildman–Crippen LogP) is -1.01. The molecule has 0 spiro atoms. The highest BCUT2D eigenvalue weighted by Crippen LogP contribution is 2.21. The summed E-state index contributed by atoms with van der Waals surface area (Å²) in [5, 5.41) is 22.1. The van der Waals surface area contributed by atoms with Crippen molar-refractivity contribution in [3.63, 3.8) is 0 Å². The van der Waals surface area contributed by atoms with Crippen LogP contribution in [0.25, 0.3) is 0 Å². The lowest BCUT2D eigenvalue weighted by molar-refractivity contribution is 0.0361. The smallest absolute Gasteiger partial charge is 0.0578 e. The molecule has 5 nitrogen and oxygen atoms in total. The first kappa shape index (κ1) is 14.9. The lowest BCUT2D eigenvalue weighted by Crippen LogP contribution is -2.53. The first-order valence-corrected chi connectivity index (χ1v) is 6.66.